The molecule has 2 atom stereocenters. The molecule has 1 amide bonds. The van der Waals surface area contributed by atoms with Crippen molar-refractivity contribution in [1.29, 1.82) is 0 Å². The van der Waals surface area contributed by atoms with Crippen LogP contribution in [0.3, 0.4) is 0 Å². The fourth-order valence-electron chi connectivity index (χ4n) is 1.71. The lowest BCUT2D eigenvalue weighted by Crippen LogP contribution is -2.37. The van der Waals surface area contributed by atoms with Crippen molar-refractivity contribution in [2.24, 2.45) is 0 Å². The average molecular weight is 353 g/mol. The number of carbonyl (C=O) groups excluding carboxylic acids is 1. The van der Waals surface area contributed by atoms with Gasteiger partial charge in [0.25, 0.3) is 0 Å². The van der Waals surface area contributed by atoms with Gasteiger partial charge in [-0.2, -0.15) is 13.2 Å². The summed E-state index contributed by atoms with van der Waals surface area (Å²) in [5.41, 5.74) is 0.619. The molecular formula is C14H18F3NO4S. The van der Waals surface area contributed by atoms with Crippen LogP contribution in [0.1, 0.15) is 25.5 Å². The van der Waals surface area contributed by atoms with E-state index in [0.29, 0.717) is 5.56 Å². The SMILES string of the molecule is C[C@@H](OCC(F)(F)F)C(=O)N[C@H](C)c1ccc(S(C)(=O)=O)cc1. The third-order valence-corrected chi connectivity index (χ3v) is 4.16. The number of carbonyl (C=O) groups is 1. The van der Waals surface area contributed by atoms with Gasteiger partial charge < -0.3 is 10.1 Å². The first kappa shape index (κ1) is 19.4. The van der Waals surface area contributed by atoms with Crippen molar-refractivity contribution >= 4 is 15.7 Å². The lowest BCUT2D eigenvalue weighted by Gasteiger charge is -2.19. The largest absolute Gasteiger partial charge is 0.411 e. The Morgan fingerprint density at radius 2 is 1.74 bits per heavy atom. The summed E-state index contributed by atoms with van der Waals surface area (Å²) in [5, 5.41) is 2.51. The van der Waals surface area contributed by atoms with E-state index in [1.165, 1.54) is 31.2 Å². The molecule has 5 nitrogen and oxygen atoms in total. The minimum absolute atomic E-state index is 0.140. The maximum Gasteiger partial charge on any atom is 0.411 e. The summed E-state index contributed by atoms with van der Waals surface area (Å²) in [7, 11) is -3.32. The van der Waals surface area contributed by atoms with Gasteiger partial charge in [0.2, 0.25) is 5.91 Å². The summed E-state index contributed by atoms with van der Waals surface area (Å²) in [5.74, 6) is -0.686. The topological polar surface area (TPSA) is 72.5 Å². The molecule has 0 aliphatic rings. The highest BCUT2D eigenvalue weighted by Gasteiger charge is 2.30. The number of halogens is 3. The molecule has 0 saturated carbocycles. The van der Waals surface area contributed by atoms with E-state index in [9.17, 15) is 26.4 Å². The predicted molar refractivity (Wildman–Crippen MR) is 77.6 cm³/mol. The van der Waals surface area contributed by atoms with Crippen LogP contribution in [0.2, 0.25) is 0 Å². The summed E-state index contributed by atoms with van der Waals surface area (Å²) in [4.78, 5) is 11.9. The zero-order valence-electron chi connectivity index (χ0n) is 12.8. The molecule has 1 N–H and O–H groups in total. The van der Waals surface area contributed by atoms with Crippen LogP contribution in [0.4, 0.5) is 13.2 Å². The van der Waals surface area contributed by atoms with Gasteiger partial charge in [0.1, 0.15) is 12.7 Å². The van der Waals surface area contributed by atoms with Gasteiger partial charge in [-0.3, -0.25) is 4.79 Å². The summed E-state index contributed by atoms with van der Waals surface area (Å²) in [6.07, 6.45) is -4.68. The van der Waals surface area contributed by atoms with E-state index < -0.39 is 40.7 Å². The molecule has 0 aliphatic heterocycles. The number of ether oxygens (including phenoxy) is 1. The van der Waals surface area contributed by atoms with Crippen LogP contribution in [-0.2, 0) is 19.4 Å². The molecule has 0 bridgehead atoms. The number of sulfone groups is 1. The molecule has 0 aromatic heterocycles. The van der Waals surface area contributed by atoms with Crippen molar-refractivity contribution in [2.75, 3.05) is 12.9 Å². The number of hydrogen-bond acceptors (Lipinski definition) is 4. The van der Waals surface area contributed by atoms with Gasteiger partial charge in [0.15, 0.2) is 9.84 Å². The number of amides is 1. The van der Waals surface area contributed by atoms with E-state index >= 15 is 0 Å². The van der Waals surface area contributed by atoms with E-state index in [1.54, 1.807) is 6.92 Å². The predicted octanol–water partition coefficient (Wildman–Crippen LogP) is 2.23. The summed E-state index contributed by atoms with van der Waals surface area (Å²) in [6, 6.07) is 5.35. The highest BCUT2D eigenvalue weighted by atomic mass is 32.2. The summed E-state index contributed by atoms with van der Waals surface area (Å²) < 4.78 is 63.3. The Morgan fingerprint density at radius 3 is 2.17 bits per heavy atom. The van der Waals surface area contributed by atoms with E-state index in [0.717, 1.165) is 6.26 Å². The van der Waals surface area contributed by atoms with Crippen molar-refractivity contribution in [3.63, 3.8) is 0 Å². The Morgan fingerprint density at radius 1 is 1.22 bits per heavy atom. The number of alkyl halides is 3. The molecule has 0 aliphatic carbocycles. The van der Waals surface area contributed by atoms with Crippen molar-refractivity contribution in [2.45, 2.75) is 37.1 Å². The molecule has 0 spiro atoms. The quantitative estimate of drug-likeness (QED) is 0.851. The van der Waals surface area contributed by atoms with Gasteiger partial charge in [0.05, 0.1) is 10.9 Å². The first-order valence-corrected chi connectivity index (χ1v) is 8.58. The Hall–Kier alpha value is -1.61. The van der Waals surface area contributed by atoms with Crippen LogP contribution in [0, 0.1) is 0 Å². The molecule has 1 aromatic rings. The van der Waals surface area contributed by atoms with Crippen LogP contribution in [0.5, 0.6) is 0 Å². The first-order valence-electron chi connectivity index (χ1n) is 6.69. The minimum Gasteiger partial charge on any atom is -0.359 e. The Balaban J connectivity index is 2.65. The van der Waals surface area contributed by atoms with Crippen LogP contribution in [0.15, 0.2) is 29.2 Å². The van der Waals surface area contributed by atoms with Gasteiger partial charge in [-0.15, -0.1) is 0 Å². The smallest absolute Gasteiger partial charge is 0.359 e. The van der Waals surface area contributed by atoms with Gasteiger partial charge in [-0.25, -0.2) is 8.42 Å². The van der Waals surface area contributed by atoms with Gasteiger partial charge in [-0.1, -0.05) is 12.1 Å². The van der Waals surface area contributed by atoms with E-state index in [4.69, 9.17) is 0 Å². The van der Waals surface area contributed by atoms with E-state index in [-0.39, 0.29) is 4.90 Å². The van der Waals surface area contributed by atoms with Crippen LogP contribution < -0.4 is 5.32 Å². The number of benzene rings is 1. The second-order valence-electron chi connectivity index (χ2n) is 5.14. The zero-order valence-corrected chi connectivity index (χ0v) is 13.7. The van der Waals surface area contributed by atoms with Crippen molar-refractivity contribution < 1.29 is 31.1 Å². The van der Waals surface area contributed by atoms with Crippen LogP contribution in [0.25, 0.3) is 0 Å². The van der Waals surface area contributed by atoms with Crippen molar-refractivity contribution in [3.8, 4) is 0 Å². The molecule has 1 aromatic carbocycles. The van der Waals surface area contributed by atoms with Gasteiger partial charge in [-0.05, 0) is 31.5 Å². The monoisotopic (exact) mass is 353 g/mol. The molecule has 0 heterocycles. The molecule has 1 rings (SSSR count). The molecule has 23 heavy (non-hydrogen) atoms. The van der Waals surface area contributed by atoms with Crippen molar-refractivity contribution in [1.82, 2.24) is 5.32 Å². The van der Waals surface area contributed by atoms with Gasteiger partial charge >= 0.3 is 6.18 Å². The number of rotatable bonds is 6. The summed E-state index contributed by atoms with van der Waals surface area (Å²) in [6.45, 7) is 1.35. The Bertz CT molecular complexity index is 641. The number of nitrogens with one attached hydrogen (secondary N) is 1. The second kappa shape index (κ2) is 7.31. The lowest BCUT2D eigenvalue weighted by atomic mass is 10.1. The zero-order chi connectivity index (χ0) is 17.8. The van der Waals surface area contributed by atoms with Gasteiger partial charge in [0, 0.05) is 6.26 Å². The molecule has 0 fully saturated rings. The maximum absolute atomic E-state index is 12.0. The van der Waals surface area contributed by atoms with Crippen LogP contribution in [-0.4, -0.2) is 39.5 Å². The molecule has 9 heteroatoms. The number of hydrogen-bond donors (Lipinski definition) is 1. The summed E-state index contributed by atoms with van der Waals surface area (Å²) >= 11 is 0. The third kappa shape index (κ3) is 6.57. The first-order chi connectivity index (χ1) is 10.4. The third-order valence-electron chi connectivity index (χ3n) is 3.03. The standard InChI is InChI=1S/C14H18F3NO4S/c1-9(11-4-6-12(7-5-11)23(3,20)21)18-13(19)10(2)22-8-14(15,16)17/h4-7,9-10H,8H2,1-3H3,(H,18,19)/t9-,10-/m1/s1. The Labute approximate surface area is 132 Å². The minimum atomic E-state index is -4.50. The van der Waals surface area contributed by atoms with E-state index in [2.05, 4.69) is 10.1 Å². The lowest BCUT2D eigenvalue weighted by molar-refractivity contribution is -0.185. The Kier molecular flexibility index (Phi) is 6.18. The molecule has 130 valence electrons. The van der Waals surface area contributed by atoms with E-state index in [1.807, 2.05) is 0 Å². The fourth-order valence-corrected chi connectivity index (χ4v) is 2.34. The molecule has 0 radical (unpaired) electrons. The molecule has 0 saturated heterocycles. The normalized spacial score (nSPS) is 15.0. The molecule has 0 unspecified atom stereocenters. The maximum atomic E-state index is 12.0. The highest BCUT2D eigenvalue weighted by Crippen LogP contribution is 2.18. The molecular weight excluding hydrogens is 335 g/mol. The van der Waals surface area contributed by atoms with Crippen molar-refractivity contribution in [3.05, 3.63) is 29.8 Å². The fraction of sp³-hybridized carbons (Fsp3) is 0.500. The average Bonchev–Trinajstić information content (AvgIpc) is 2.43. The van der Waals surface area contributed by atoms with Crippen LogP contribution >= 0.6 is 0 Å². The highest BCUT2D eigenvalue weighted by molar-refractivity contribution is 7.90. The second-order valence-corrected chi connectivity index (χ2v) is 7.16.